The molecule has 0 aliphatic rings. The quantitative estimate of drug-likeness (QED) is 0.692. The standard InChI is InChI=1S/C12H16N4O4/c1-8-5-14-9(6-13-8)7-15-12(20)16-10(17)3-2-4-11(18)19/h5-6H,2-4,7H2,1H3,(H,18,19)(H2,15,16,17,20). The zero-order valence-corrected chi connectivity index (χ0v) is 11.0. The van der Waals surface area contributed by atoms with Crippen molar-refractivity contribution in [3.63, 3.8) is 0 Å². The van der Waals surface area contributed by atoms with Gasteiger partial charge in [-0.15, -0.1) is 0 Å². The first-order valence-electron chi connectivity index (χ1n) is 6.04. The minimum atomic E-state index is -0.972. The molecule has 0 aromatic carbocycles. The predicted octanol–water partition coefficient (Wildman–Crippen LogP) is 0.366. The maximum atomic E-state index is 11.4. The summed E-state index contributed by atoms with van der Waals surface area (Å²) >= 11 is 0. The van der Waals surface area contributed by atoms with Gasteiger partial charge in [0.2, 0.25) is 5.91 Å². The summed E-state index contributed by atoms with van der Waals surface area (Å²) in [6.45, 7) is 1.95. The number of rotatable bonds is 6. The Morgan fingerprint density at radius 2 is 1.95 bits per heavy atom. The molecule has 0 fully saturated rings. The average Bonchev–Trinajstić information content (AvgIpc) is 2.37. The molecule has 8 heteroatoms. The number of hydrogen-bond acceptors (Lipinski definition) is 5. The summed E-state index contributed by atoms with van der Waals surface area (Å²) in [6.07, 6.45) is 3.19. The van der Waals surface area contributed by atoms with Crippen LogP contribution in [0.1, 0.15) is 30.7 Å². The van der Waals surface area contributed by atoms with Gasteiger partial charge in [0, 0.05) is 19.0 Å². The maximum Gasteiger partial charge on any atom is 0.321 e. The first kappa shape index (κ1) is 15.5. The monoisotopic (exact) mass is 280 g/mol. The number of aliphatic carboxylic acids is 1. The zero-order chi connectivity index (χ0) is 15.0. The third-order valence-electron chi connectivity index (χ3n) is 2.31. The molecule has 1 heterocycles. The molecule has 0 radical (unpaired) electrons. The molecule has 0 atom stereocenters. The van der Waals surface area contributed by atoms with Gasteiger partial charge in [-0.05, 0) is 13.3 Å². The molecular weight excluding hydrogens is 264 g/mol. The SMILES string of the molecule is Cc1cnc(CNC(=O)NC(=O)CCCC(=O)O)cn1. The van der Waals surface area contributed by atoms with E-state index in [0.717, 1.165) is 5.69 Å². The first-order valence-corrected chi connectivity index (χ1v) is 6.04. The fourth-order valence-corrected chi connectivity index (χ4v) is 1.31. The number of carbonyl (C=O) groups is 3. The Morgan fingerprint density at radius 3 is 2.55 bits per heavy atom. The van der Waals surface area contributed by atoms with Gasteiger partial charge in [-0.2, -0.15) is 0 Å². The molecule has 108 valence electrons. The Bertz CT molecular complexity index is 487. The van der Waals surface area contributed by atoms with E-state index in [1.807, 2.05) is 0 Å². The minimum absolute atomic E-state index is 0.00986. The number of nitrogens with one attached hydrogen (secondary N) is 2. The Labute approximate surface area is 115 Å². The molecule has 1 rings (SSSR count). The van der Waals surface area contributed by atoms with Crippen LogP contribution in [0.2, 0.25) is 0 Å². The van der Waals surface area contributed by atoms with E-state index >= 15 is 0 Å². The van der Waals surface area contributed by atoms with Crippen LogP contribution in [-0.2, 0) is 16.1 Å². The molecular formula is C12H16N4O4. The van der Waals surface area contributed by atoms with Gasteiger partial charge in [0.25, 0.3) is 0 Å². The zero-order valence-electron chi connectivity index (χ0n) is 11.0. The molecule has 0 saturated carbocycles. The molecule has 1 aromatic rings. The molecule has 0 bridgehead atoms. The van der Waals surface area contributed by atoms with Crippen LogP contribution in [0, 0.1) is 6.92 Å². The number of hydrogen-bond donors (Lipinski definition) is 3. The van der Waals surface area contributed by atoms with Crippen molar-refractivity contribution >= 4 is 17.9 Å². The number of nitrogens with zero attached hydrogens (tertiary/aromatic N) is 2. The van der Waals surface area contributed by atoms with E-state index < -0.39 is 17.9 Å². The molecule has 0 aliphatic heterocycles. The Morgan fingerprint density at radius 1 is 1.20 bits per heavy atom. The molecule has 0 spiro atoms. The van der Waals surface area contributed by atoms with Gasteiger partial charge in [0.1, 0.15) is 0 Å². The number of imide groups is 1. The number of carbonyl (C=O) groups excluding carboxylic acids is 2. The molecule has 3 N–H and O–H groups in total. The Hall–Kier alpha value is -2.51. The van der Waals surface area contributed by atoms with Crippen LogP contribution in [0.4, 0.5) is 4.79 Å². The maximum absolute atomic E-state index is 11.4. The summed E-state index contributed by atoms with van der Waals surface area (Å²) in [6, 6.07) is -0.646. The topological polar surface area (TPSA) is 121 Å². The number of carboxylic acids is 1. The molecule has 8 nitrogen and oxygen atoms in total. The van der Waals surface area contributed by atoms with Crippen LogP contribution in [-0.4, -0.2) is 33.0 Å². The van der Waals surface area contributed by atoms with Gasteiger partial charge in [0.15, 0.2) is 0 Å². The Kier molecular flexibility index (Phi) is 6.08. The lowest BCUT2D eigenvalue weighted by molar-refractivity contribution is -0.137. The van der Waals surface area contributed by atoms with Crippen molar-refractivity contribution in [2.45, 2.75) is 32.7 Å². The van der Waals surface area contributed by atoms with E-state index in [2.05, 4.69) is 20.6 Å². The molecule has 1 aromatic heterocycles. The number of carboxylic acid groups (broad SMARTS) is 1. The summed E-state index contributed by atoms with van der Waals surface area (Å²) in [7, 11) is 0. The van der Waals surface area contributed by atoms with Gasteiger partial charge >= 0.3 is 12.0 Å². The van der Waals surface area contributed by atoms with Gasteiger partial charge in [0.05, 0.1) is 24.1 Å². The minimum Gasteiger partial charge on any atom is -0.481 e. The highest BCUT2D eigenvalue weighted by Gasteiger charge is 2.08. The van der Waals surface area contributed by atoms with Gasteiger partial charge in [-0.25, -0.2) is 4.79 Å². The second kappa shape index (κ2) is 7.82. The van der Waals surface area contributed by atoms with Gasteiger partial charge in [-0.1, -0.05) is 0 Å². The second-order valence-corrected chi connectivity index (χ2v) is 4.13. The first-order chi connectivity index (χ1) is 9.47. The van der Waals surface area contributed by atoms with Crippen molar-refractivity contribution in [1.82, 2.24) is 20.6 Å². The fraction of sp³-hybridized carbons (Fsp3) is 0.417. The molecule has 0 saturated heterocycles. The molecule has 20 heavy (non-hydrogen) atoms. The Balaban J connectivity index is 2.24. The smallest absolute Gasteiger partial charge is 0.321 e. The summed E-state index contributed by atoms with van der Waals surface area (Å²) in [5, 5.41) is 13.0. The van der Waals surface area contributed by atoms with Crippen molar-refractivity contribution in [2.75, 3.05) is 0 Å². The number of aryl methyl sites for hydroxylation is 1. The lowest BCUT2D eigenvalue weighted by Crippen LogP contribution is -2.39. The lowest BCUT2D eigenvalue weighted by Gasteiger charge is -2.06. The molecule has 3 amide bonds. The van der Waals surface area contributed by atoms with Gasteiger partial charge < -0.3 is 10.4 Å². The van der Waals surface area contributed by atoms with Crippen LogP contribution in [0.3, 0.4) is 0 Å². The van der Waals surface area contributed by atoms with Crippen molar-refractivity contribution in [1.29, 1.82) is 0 Å². The van der Waals surface area contributed by atoms with Crippen LogP contribution in [0.15, 0.2) is 12.4 Å². The van der Waals surface area contributed by atoms with Crippen LogP contribution in [0.5, 0.6) is 0 Å². The summed E-state index contributed by atoms with van der Waals surface area (Å²) in [5.74, 6) is -1.49. The lowest BCUT2D eigenvalue weighted by atomic mass is 10.2. The number of urea groups is 1. The van der Waals surface area contributed by atoms with Crippen LogP contribution < -0.4 is 10.6 Å². The van der Waals surface area contributed by atoms with Crippen molar-refractivity contribution < 1.29 is 19.5 Å². The fourth-order valence-electron chi connectivity index (χ4n) is 1.31. The van der Waals surface area contributed by atoms with Crippen molar-refractivity contribution in [2.24, 2.45) is 0 Å². The largest absolute Gasteiger partial charge is 0.481 e. The highest BCUT2D eigenvalue weighted by Crippen LogP contribution is 1.95. The van der Waals surface area contributed by atoms with E-state index in [4.69, 9.17) is 5.11 Å². The molecule has 0 unspecified atom stereocenters. The third kappa shape index (κ3) is 6.43. The highest BCUT2D eigenvalue weighted by atomic mass is 16.4. The van der Waals surface area contributed by atoms with Crippen molar-refractivity contribution in [3.8, 4) is 0 Å². The normalized spacial score (nSPS) is 9.85. The van der Waals surface area contributed by atoms with E-state index in [0.29, 0.717) is 5.69 Å². The van der Waals surface area contributed by atoms with Crippen molar-refractivity contribution in [3.05, 3.63) is 23.8 Å². The summed E-state index contributed by atoms with van der Waals surface area (Å²) in [5.41, 5.74) is 1.34. The number of amides is 3. The highest BCUT2D eigenvalue weighted by molar-refractivity contribution is 5.94. The van der Waals surface area contributed by atoms with E-state index in [1.54, 1.807) is 13.1 Å². The van der Waals surface area contributed by atoms with Crippen LogP contribution in [0.25, 0.3) is 0 Å². The van der Waals surface area contributed by atoms with E-state index in [1.165, 1.54) is 6.20 Å². The summed E-state index contributed by atoms with van der Waals surface area (Å²) < 4.78 is 0. The van der Waals surface area contributed by atoms with Gasteiger partial charge in [-0.3, -0.25) is 24.9 Å². The number of aromatic nitrogens is 2. The predicted molar refractivity (Wildman–Crippen MR) is 68.6 cm³/mol. The van der Waals surface area contributed by atoms with Crippen LogP contribution >= 0.6 is 0 Å². The van der Waals surface area contributed by atoms with E-state index in [-0.39, 0.29) is 25.8 Å². The second-order valence-electron chi connectivity index (χ2n) is 4.13. The summed E-state index contributed by atoms with van der Waals surface area (Å²) in [4.78, 5) is 41.0. The van der Waals surface area contributed by atoms with E-state index in [9.17, 15) is 14.4 Å². The molecule has 0 aliphatic carbocycles. The average molecular weight is 280 g/mol. The third-order valence-corrected chi connectivity index (χ3v) is 2.31.